The highest BCUT2D eigenvalue weighted by molar-refractivity contribution is 6.47. The van der Waals surface area contributed by atoms with Gasteiger partial charge in [-0.1, -0.05) is 20.8 Å². The van der Waals surface area contributed by atoms with E-state index in [4.69, 9.17) is 9.31 Å². The molecular weight excluding hydrogens is 191 g/mol. The Bertz CT molecular complexity index is 227. The first kappa shape index (κ1) is 13.0. The summed E-state index contributed by atoms with van der Waals surface area (Å²) in [5, 5.41) is 10.1. The van der Waals surface area contributed by atoms with E-state index in [1.807, 2.05) is 48.5 Å². The smallest absolute Gasteiger partial charge is 0.402 e. The Morgan fingerprint density at radius 1 is 1.00 bits per heavy atom. The van der Waals surface area contributed by atoms with Crippen LogP contribution in [-0.4, -0.2) is 29.4 Å². The summed E-state index contributed by atoms with van der Waals surface area (Å²) in [5.41, 5.74) is -0.977. The molecule has 1 aliphatic rings. The molecule has 1 heterocycles. The fourth-order valence-electron chi connectivity index (χ4n) is 1.43. The van der Waals surface area contributed by atoms with Crippen molar-refractivity contribution in [1.82, 2.24) is 0 Å². The molecule has 0 aromatic heterocycles. The van der Waals surface area contributed by atoms with E-state index in [1.165, 1.54) is 0 Å². The van der Waals surface area contributed by atoms with Crippen LogP contribution in [0.2, 0.25) is 0 Å². The van der Waals surface area contributed by atoms with Crippen LogP contribution in [0.1, 0.15) is 48.5 Å². The quantitative estimate of drug-likeness (QED) is 0.678. The Hall–Kier alpha value is -0.0551. The van der Waals surface area contributed by atoms with Gasteiger partial charge in [0.1, 0.15) is 0 Å². The fourth-order valence-corrected chi connectivity index (χ4v) is 1.43. The van der Waals surface area contributed by atoms with Gasteiger partial charge in [0.15, 0.2) is 0 Å². The fraction of sp³-hybridized carbons (Fsp3) is 1.00. The van der Waals surface area contributed by atoms with Crippen molar-refractivity contribution in [3.63, 3.8) is 0 Å². The summed E-state index contributed by atoms with van der Waals surface area (Å²) in [4.78, 5) is 0. The zero-order valence-electron chi connectivity index (χ0n) is 10.9. The van der Waals surface area contributed by atoms with Crippen LogP contribution in [0, 0.1) is 5.41 Å². The normalized spacial score (nSPS) is 26.8. The molecule has 88 valence electrons. The molecule has 1 N–H and O–H groups in total. The molecule has 1 rings (SSSR count). The summed E-state index contributed by atoms with van der Waals surface area (Å²) >= 11 is 0. The Balaban J connectivity index is 2.80. The highest BCUT2D eigenvalue weighted by atomic mass is 16.7. The van der Waals surface area contributed by atoms with Crippen molar-refractivity contribution in [3.05, 3.63) is 0 Å². The molecule has 0 radical (unpaired) electrons. The zero-order chi connectivity index (χ0) is 12.1. The van der Waals surface area contributed by atoms with E-state index in [0.717, 1.165) is 0 Å². The minimum Gasteiger partial charge on any atom is -0.402 e. The van der Waals surface area contributed by atoms with Crippen molar-refractivity contribution in [2.75, 3.05) is 0 Å². The summed E-state index contributed by atoms with van der Waals surface area (Å²) in [5.74, 6) is 0. The predicted molar refractivity (Wildman–Crippen MR) is 61.5 cm³/mol. The summed E-state index contributed by atoms with van der Waals surface area (Å²) in [6.07, 6.45) is 0. The van der Waals surface area contributed by atoms with Crippen LogP contribution < -0.4 is 0 Å². The highest BCUT2D eigenvalue weighted by Crippen LogP contribution is 2.39. The Morgan fingerprint density at radius 3 is 1.60 bits per heavy atom. The van der Waals surface area contributed by atoms with Crippen LogP contribution >= 0.6 is 0 Å². The van der Waals surface area contributed by atoms with Crippen LogP contribution in [0.25, 0.3) is 0 Å². The molecule has 1 aliphatic heterocycles. The molecule has 3 nitrogen and oxygen atoms in total. The maximum atomic E-state index is 10.1. The van der Waals surface area contributed by atoms with E-state index >= 15 is 0 Å². The lowest BCUT2D eigenvalue weighted by molar-refractivity contribution is 0.00578. The second-order valence-electron chi connectivity index (χ2n) is 6.44. The topological polar surface area (TPSA) is 38.7 Å². The van der Waals surface area contributed by atoms with Gasteiger partial charge >= 0.3 is 7.12 Å². The predicted octanol–water partition coefficient (Wildman–Crippen LogP) is 2.02. The van der Waals surface area contributed by atoms with E-state index < -0.39 is 13.1 Å². The van der Waals surface area contributed by atoms with Crippen LogP contribution in [0.5, 0.6) is 0 Å². The zero-order valence-corrected chi connectivity index (χ0v) is 10.9. The molecular formula is C11H23BO3. The molecule has 0 spiro atoms. The SMILES string of the molecule is CC(C)(C)[C@@H](O)B1OC(C)(C)C(C)(C)O1. The molecule has 0 amide bonds. The average molecular weight is 214 g/mol. The van der Waals surface area contributed by atoms with Gasteiger partial charge in [-0.15, -0.1) is 0 Å². The molecule has 1 atom stereocenters. The van der Waals surface area contributed by atoms with Crippen LogP contribution in [0.15, 0.2) is 0 Å². The van der Waals surface area contributed by atoms with Gasteiger partial charge < -0.3 is 14.4 Å². The third-order valence-electron chi connectivity index (χ3n) is 3.42. The van der Waals surface area contributed by atoms with Gasteiger partial charge in [-0.3, -0.25) is 0 Å². The Labute approximate surface area is 93.3 Å². The summed E-state index contributed by atoms with van der Waals surface area (Å²) in [6.45, 7) is 13.9. The third kappa shape index (κ3) is 2.37. The maximum absolute atomic E-state index is 10.1. The standard InChI is InChI=1S/C11H23BO3/c1-9(2,3)8(13)12-14-10(4,5)11(6,7)15-12/h8,13H,1-7H3/t8-/m1/s1. The Morgan fingerprint density at radius 2 is 1.33 bits per heavy atom. The van der Waals surface area contributed by atoms with Crippen molar-refractivity contribution in [2.45, 2.75) is 65.7 Å². The minimum absolute atomic E-state index is 0.235. The van der Waals surface area contributed by atoms with E-state index in [1.54, 1.807) is 0 Å². The lowest BCUT2D eigenvalue weighted by atomic mass is 9.67. The molecule has 0 aromatic carbocycles. The van der Waals surface area contributed by atoms with Crippen LogP contribution in [0.4, 0.5) is 0 Å². The van der Waals surface area contributed by atoms with E-state index in [2.05, 4.69) is 0 Å². The summed E-state index contributed by atoms with van der Waals surface area (Å²) in [6, 6.07) is -0.612. The molecule has 0 saturated carbocycles. The molecule has 4 heteroatoms. The second-order valence-corrected chi connectivity index (χ2v) is 6.44. The van der Waals surface area contributed by atoms with E-state index in [-0.39, 0.29) is 16.6 Å². The van der Waals surface area contributed by atoms with Crippen molar-refractivity contribution < 1.29 is 14.4 Å². The van der Waals surface area contributed by atoms with Crippen molar-refractivity contribution in [3.8, 4) is 0 Å². The summed E-state index contributed by atoms with van der Waals surface area (Å²) < 4.78 is 11.6. The molecule has 1 saturated heterocycles. The van der Waals surface area contributed by atoms with Gasteiger partial charge in [0.2, 0.25) is 0 Å². The molecule has 15 heavy (non-hydrogen) atoms. The van der Waals surface area contributed by atoms with E-state index in [9.17, 15) is 5.11 Å². The lowest BCUT2D eigenvalue weighted by Gasteiger charge is -2.32. The number of rotatable bonds is 1. The number of aliphatic hydroxyl groups is 1. The van der Waals surface area contributed by atoms with Gasteiger partial charge in [-0.25, -0.2) is 0 Å². The van der Waals surface area contributed by atoms with E-state index in [0.29, 0.717) is 0 Å². The lowest BCUT2D eigenvalue weighted by Crippen LogP contribution is -2.43. The summed E-state index contributed by atoms with van der Waals surface area (Å²) in [7, 11) is -0.532. The van der Waals surface area contributed by atoms with Gasteiger partial charge in [-0.05, 0) is 33.1 Å². The minimum atomic E-state index is -0.612. The van der Waals surface area contributed by atoms with Crippen molar-refractivity contribution in [1.29, 1.82) is 0 Å². The van der Waals surface area contributed by atoms with Crippen LogP contribution in [0.3, 0.4) is 0 Å². The van der Waals surface area contributed by atoms with Gasteiger partial charge in [0.25, 0.3) is 0 Å². The second kappa shape index (κ2) is 3.47. The number of hydrogen-bond donors (Lipinski definition) is 1. The molecule has 0 aliphatic carbocycles. The van der Waals surface area contributed by atoms with Gasteiger partial charge in [-0.2, -0.15) is 0 Å². The average Bonchev–Trinajstić information content (AvgIpc) is 2.18. The van der Waals surface area contributed by atoms with Gasteiger partial charge in [0, 0.05) is 0 Å². The molecule has 0 bridgehead atoms. The first-order chi connectivity index (χ1) is 6.47. The number of aliphatic hydroxyl groups excluding tert-OH is 1. The monoisotopic (exact) mass is 214 g/mol. The first-order valence-electron chi connectivity index (χ1n) is 5.51. The maximum Gasteiger partial charge on any atom is 0.489 e. The first-order valence-corrected chi connectivity index (χ1v) is 5.51. The molecule has 0 unspecified atom stereocenters. The molecule has 0 aromatic rings. The third-order valence-corrected chi connectivity index (χ3v) is 3.42. The number of hydrogen-bond acceptors (Lipinski definition) is 3. The highest BCUT2D eigenvalue weighted by Gasteiger charge is 2.55. The van der Waals surface area contributed by atoms with Gasteiger partial charge in [0.05, 0.1) is 17.2 Å². The van der Waals surface area contributed by atoms with Crippen molar-refractivity contribution in [2.24, 2.45) is 5.41 Å². The van der Waals surface area contributed by atoms with Crippen LogP contribution in [-0.2, 0) is 9.31 Å². The Kier molecular flexibility index (Phi) is 3.01. The largest absolute Gasteiger partial charge is 0.489 e. The molecule has 1 fully saturated rings. The van der Waals surface area contributed by atoms with Crippen molar-refractivity contribution >= 4 is 7.12 Å².